The molecule has 0 aromatic heterocycles. The van der Waals surface area contributed by atoms with E-state index in [1.807, 2.05) is 77.4 Å². The first kappa shape index (κ1) is 25.2. The van der Waals surface area contributed by atoms with Crippen LogP contribution >= 0.6 is 15.9 Å². The maximum Gasteiger partial charge on any atom is 0.254 e. The molecule has 35 heavy (non-hydrogen) atoms. The Bertz CT molecular complexity index is 1090. The van der Waals surface area contributed by atoms with Gasteiger partial charge >= 0.3 is 0 Å². The Balaban J connectivity index is 1.37. The van der Waals surface area contributed by atoms with Crippen LogP contribution in [0.25, 0.3) is 0 Å². The van der Waals surface area contributed by atoms with Gasteiger partial charge in [-0.1, -0.05) is 76.6 Å². The molecule has 0 N–H and O–H groups in total. The average molecular weight is 534 g/mol. The summed E-state index contributed by atoms with van der Waals surface area (Å²) >= 11 is 3.44. The van der Waals surface area contributed by atoms with Crippen molar-refractivity contribution in [2.75, 3.05) is 19.6 Å². The fourth-order valence-corrected chi connectivity index (χ4v) is 5.11. The normalized spacial score (nSPS) is 15.0. The van der Waals surface area contributed by atoms with Gasteiger partial charge in [0.15, 0.2) is 0 Å². The highest BCUT2D eigenvalue weighted by atomic mass is 79.9. The monoisotopic (exact) mass is 532 g/mol. The lowest BCUT2D eigenvalue weighted by Gasteiger charge is -2.34. The molecule has 3 aromatic rings. The number of hydrogen-bond acceptors (Lipinski definition) is 2. The molecule has 5 heteroatoms. The van der Waals surface area contributed by atoms with Crippen molar-refractivity contribution in [3.8, 4) is 0 Å². The van der Waals surface area contributed by atoms with Crippen molar-refractivity contribution in [3.05, 3.63) is 106 Å². The van der Waals surface area contributed by atoms with Crippen molar-refractivity contribution < 1.29 is 9.59 Å². The van der Waals surface area contributed by atoms with Gasteiger partial charge in [-0.15, -0.1) is 0 Å². The molecule has 0 bridgehead atoms. The second-order valence-electron chi connectivity index (χ2n) is 9.36. The van der Waals surface area contributed by atoms with Gasteiger partial charge in [-0.05, 0) is 67.5 Å². The minimum absolute atomic E-state index is 0.0526. The first-order valence-electron chi connectivity index (χ1n) is 12.4. The van der Waals surface area contributed by atoms with E-state index in [0.29, 0.717) is 24.4 Å². The summed E-state index contributed by atoms with van der Waals surface area (Å²) in [5.41, 5.74) is 3.06. The predicted octanol–water partition coefficient (Wildman–Crippen LogP) is 6.52. The number of carbonyl (C=O) groups excluding carboxylic acids is 2. The van der Waals surface area contributed by atoms with Crippen LogP contribution in [-0.4, -0.2) is 41.2 Å². The zero-order valence-corrected chi connectivity index (χ0v) is 21.9. The van der Waals surface area contributed by atoms with Gasteiger partial charge in [0.2, 0.25) is 5.91 Å². The third-order valence-corrected chi connectivity index (χ3v) is 7.53. The second kappa shape index (κ2) is 12.2. The van der Waals surface area contributed by atoms with Gasteiger partial charge in [0.05, 0.1) is 6.04 Å². The molecule has 182 valence electrons. The number of hydrogen-bond donors (Lipinski definition) is 0. The molecule has 1 atom stereocenters. The zero-order valence-electron chi connectivity index (χ0n) is 20.3. The summed E-state index contributed by atoms with van der Waals surface area (Å²) in [6, 6.07) is 27.9. The summed E-state index contributed by atoms with van der Waals surface area (Å²) < 4.78 is 0.933. The van der Waals surface area contributed by atoms with Gasteiger partial charge in [0.1, 0.15) is 0 Å². The molecule has 1 fully saturated rings. The molecule has 4 nitrogen and oxygen atoms in total. The average Bonchev–Trinajstić information content (AvgIpc) is 2.90. The SMILES string of the molecule is CC(c1ccccc1)N(CCC(=O)N1CCC(Cc2ccccc2)CC1)C(=O)c1ccc(Br)cc1. The predicted molar refractivity (Wildman–Crippen MR) is 144 cm³/mol. The minimum Gasteiger partial charge on any atom is -0.343 e. The summed E-state index contributed by atoms with van der Waals surface area (Å²) in [4.78, 5) is 30.4. The Morgan fingerprint density at radius 2 is 1.51 bits per heavy atom. The molecule has 0 spiro atoms. The molecule has 1 aliphatic heterocycles. The third-order valence-electron chi connectivity index (χ3n) is 7.00. The number of piperidine rings is 1. The van der Waals surface area contributed by atoms with E-state index in [4.69, 9.17) is 0 Å². The van der Waals surface area contributed by atoms with Gasteiger partial charge in [-0.25, -0.2) is 0 Å². The summed E-state index contributed by atoms with van der Waals surface area (Å²) in [5, 5.41) is 0. The number of halogens is 1. The molecule has 3 aromatic carbocycles. The summed E-state index contributed by atoms with van der Waals surface area (Å²) in [5.74, 6) is 0.704. The van der Waals surface area contributed by atoms with E-state index >= 15 is 0 Å². The van der Waals surface area contributed by atoms with E-state index in [9.17, 15) is 9.59 Å². The van der Waals surface area contributed by atoms with Crippen LogP contribution in [0.1, 0.15) is 53.7 Å². The second-order valence-corrected chi connectivity index (χ2v) is 10.3. The number of rotatable bonds is 8. The van der Waals surface area contributed by atoms with Crippen LogP contribution in [0.5, 0.6) is 0 Å². The van der Waals surface area contributed by atoms with Crippen molar-refractivity contribution in [1.29, 1.82) is 0 Å². The van der Waals surface area contributed by atoms with E-state index in [1.54, 1.807) is 0 Å². The molecule has 0 radical (unpaired) electrons. The van der Waals surface area contributed by atoms with E-state index < -0.39 is 0 Å². The van der Waals surface area contributed by atoms with E-state index in [-0.39, 0.29) is 17.9 Å². The van der Waals surface area contributed by atoms with Gasteiger partial charge in [0, 0.05) is 36.1 Å². The maximum absolute atomic E-state index is 13.5. The maximum atomic E-state index is 13.5. The first-order valence-corrected chi connectivity index (χ1v) is 13.2. The topological polar surface area (TPSA) is 40.6 Å². The minimum atomic E-state index is -0.128. The number of likely N-dealkylation sites (tertiary alicyclic amines) is 1. The van der Waals surface area contributed by atoms with Crippen LogP contribution in [0.2, 0.25) is 0 Å². The van der Waals surface area contributed by atoms with Gasteiger partial charge < -0.3 is 9.80 Å². The van der Waals surface area contributed by atoms with Crippen LogP contribution in [-0.2, 0) is 11.2 Å². The molecule has 1 heterocycles. The highest BCUT2D eigenvalue weighted by molar-refractivity contribution is 9.10. The molecule has 1 aliphatic rings. The standard InChI is InChI=1S/C30H33BrN2O2/c1-23(26-10-6-3-7-11-26)33(30(35)27-12-14-28(31)15-13-27)21-18-29(34)32-19-16-25(17-20-32)22-24-8-4-2-5-9-24/h2-15,23,25H,16-22H2,1H3. The Kier molecular flexibility index (Phi) is 8.75. The Morgan fingerprint density at radius 1 is 0.914 bits per heavy atom. The van der Waals surface area contributed by atoms with Gasteiger partial charge in [-0.3, -0.25) is 9.59 Å². The molecule has 1 saturated heterocycles. The van der Waals surface area contributed by atoms with Crippen molar-refractivity contribution in [2.45, 2.75) is 38.6 Å². The highest BCUT2D eigenvalue weighted by Gasteiger charge is 2.26. The van der Waals surface area contributed by atoms with E-state index in [1.165, 1.54) is 5.56 Å². The van der Waals surface area contributed by atoms with Crippen molar-refractivity contribution in [3.63, 3.8) is 0 Å². The fourth-order valence-electron chi connectivity index (χ4n) is 4.85. The van der Waals surface area contributed by atoms with Crippen LogP contribution in [0, 0.1) is 5.92 Å². The van der Waals surface area contributed by atoms with Crippen molar-refractivity contribution in [1.82, 2.24) is 9.80 Å². The third kappa shape index (κ3) is 6.82. The first-order chi connectivity index (χ1) is 17.0. The number of benzene rings is 3. The van der Waals surface area contributed by atoms with Crippen LogP contribution in [0.3, 0.4) is 0 Å². The fraction of sp³-hybridized carbons (Fsp3) is 0.333. The molecular formula is C30H33BrN2O2. The number of carbonyl (C=O) groups is 2. The summed E-state index contributed by atoms with van der Waals surface area (Å²) in [6.45, 7) is 4.02. The number of amides is 2. The Labute approximate surface area is 217 Å². The molecular weight excluding hydrogens is 500 g/mol. The van der Waals surface area contributed by atoms with Crippen molar-refractivity contribution >= 4 is 27.7 Å². The molecule has 4 rings (SSSR count). The molecule has 1 unspecified atom stereocenters. The largest absolute Gasteiger partial charge is 0.343 e. The van der Waals surface area contributed by atoms with Crippen LogP contribution in [0.15, 0.2) is 89.4 Å². The Hall–Kier alpha value is -2.92. The lowest BCUT2D eigenvalue weighted by molar-refractivity contribution is -0.132. The smallest absolute Gasteiger partial charge is 0.254 e. The number of nitrogens with zero attached hydrogens (tertiary/aromatic N) is 2. The summed E-state index contributed by atoms with van der Waals surface area (Å²) in [6.07, 6.45) is 3.47. The van der Waals surface area contributed by atoms with Gasteiger partial charge in [0.25, 0.3) is 5.91 Å². The Morgan fingerprint density at radius 3 is 2.14 bits per heavy atom. The molecule has 0 aliphatic carbocycles. The quantitative estimate of drug-likeness (QED) is 0.331. The molecule has 0 saturated carbocycles. The summed E-state index contributed by atoms with van der Waals surface area (Å²) in [7, 11) is 0. The zero-order chi connectivity index (χ0) is 24.6. The molecule has 2 amide bonds. The van der Waals surface area contributed by atoms with E-state index in [2.05, 4.69) is 40.2 Å². The lowest BCUT2D eigenvalue weighted by atomic mass is 9.90. The van der Waals surface area contributed by atoms with Crippen LogP contribution < -0.4 is 0 Å². The van der Waals surface area contributed by atoms with Crippen molar-refractivity contribution in [2.24, 2.45) is 5.92 Å². The van der Waals surface area contributed by atoms with Crippen LogP contribution in [0.4, 0.5) is 0 Å². The van der Waals surface area contributed by atoms with Gasteiger partial charge in [-0.2, -0.15) is 0 Å². The lowest BCUT2D eigenvalue weighted by Crippen LogP contribution is -2.41. The highest BCUT2D eigenvalue weighted by Crippen LogP contribution is 2.25. The van der Waals surface area contributed by atoms with E-state index in [0.717, 1.165) is 42.4 Å².